The number of phenols is 1. The van der Waals surface area contributed by atoms with Gasteiger partial charge in [-0.3, -0.25) is 4.79 Å². The van der Waals surface area contributed by atoms with Gasteiger partial charge in [-0.2, -0.15) is 13.2 Å². The molecule has 0 saturated carbocycles. The van der Waals surface area contributed by atoms with Gasteiger partial charge in [-0.05, 0) is 18.2 Å². The second-order valence-corrected chi connectivity index (χ2v) is 3.35. The van der Waals surface area contributed by atoms with Crippen LogP contribution in [0.5, 0.6) is 5.75 Å². The van der Waals surface area contributed by atoms with Crippen molar-refractivity contribution in [1.29, 1.82) is 0 Å². The van der Waals surface area contributed by atoms with Crippen LogP contribution < -0.4 is 0 Å². The molecule has 0 aliphatic heterocycles. The van der Waals surface area contributed by atoms with Crippen LogP contribution in [0.15, 0.2) is 22.7 Å². The zero-order valence-electron chi connectivity index (χ0n) is 6.60. The molecule has 1 N–H and O–H groups in total. The Morgan fingerprint density at radius 2 is 1.93 bits per heavy atom. The largest absolute Gasteiger partial charge is 0.508 e. The molecule has 0 spiro atoms. The maximum absolute atomic E-state index is 12.0. The maximum Gasteiger partial charge on any atom is 0.454 e. The highest BCUT2D eigenvalue weighted by Crippen LogP contribution is 2.28. The van der Waals surface area contributed by atoms with Crippen LogP contribution in [0.4, 0.5) is 13.2 Å². The number of benzene rings is 1. The molecule has 0 saturated heterocycles. The van der Waals surface area contributed by atoms with Gasteiger partial charge in [0.2, 0.25) is 0 Å². The van der Waals surface area contributed by atoms with Crippen molar-refractivity contribution in [3.8, 4) is 5.75 Å². The van der Waals surface area contributed by atoms with E-state index in [2.05, 4.69) is 15.9 Å². The highest BCUT2D eigenvalue weighted by atomic mass is 79.9. The normalized spacial score (nSPS) is 11.4. The molecule has 0 heterocycles. The van der Waals surface area contributed by atoms with Crippen LogP contribution in [0, 0.1) is 0 Å². The van der Waals surface area contributed by atoms with Crippen LogP contribution in [0.2, 0.25) is 0 Å². The Hall–Kier alpha value is -1.04. The van der Waals surface area contributed by atoms with E-state index in [1.54, 1.807) is 0 Å². The smallest absolute Gasteiger partial charge is 0.454 e. The molecular formula is C8H4BrF3O2. The fraction of sp³-hybridized carbons (Fsp3) is 0.125. The van der Waals surface area contributed by atoms with E-state index in [9.17, 15) is 18.0 Å². The fourth-order valence-electron chi connectivity index (χ4n) is 0.840. The van der Waals surface area contributed by atoms with Crippen LogP contribution in [0.1, 0.15) is 10.4 Å². The number of aromatic hydroxyl groups is 1. The summed E-state index contributed by atoms with van der Waals surface area (Å²) in [5.74, 6) is -2.37. The lowest BCUT2D eigenvalue weighted by Crippen LogP contribution is -2.23. The molecule has 0 aliphatic carbocycles. The number of hydrogen-bond donors (Lipinski definition) is 1. The summed E-state index contributed by atoms with van der Waals surface area (Å²) in [6.07, 6.45) is -4.93. The van der Waals surface area contributed by atoms with Crippen LogP contribution in [0.25, 0.3) is 0 Å². The minimum absolute atomic E-state index is 0.00220. The van der Waals surface area contributed by atoms with Gasteiger partial charge in [-0.15, -0.1) is 0 Å². The highest BCUT2D eigenvalue weighted by Gasteiger charge is 2.40. The van der Waals surface area contributed by atoms with E-state index in [-0.39, 0.29) is 10.2 Å². The van der Waals surface area contributed by atoms with Crippen LogP contribution in [-0.4, -0.2) is 17.1 Å². The molecule has 1 aromatic carbocycles. The number of rotatable bonds is 1. The molecule has 0 radical (unpaired) electrons. The van der Waals surface area contributed by atoms with Gasteiger partial charge in [0.1, 0.15) is 5.75 Å². The Kier molecular flexibility index (Phi) is 2.84. The molecule has 0 amide bonds. The number of carbonyl (C=O) groups excluding carboxylic acids is 1. The zero-order valence-corrected chi connectivity index (χ0v) is 8.19. The summed E-state index contributed by atoms with van der Waals surface area (Å²) >= 11 is 2.79. The second-order valence-electron chi connectivity index (χ2n) is 2.49. The van der Waals surface area contributed by atoms with Gasteiger partial charge in [-0.25, -0.2) is 0 Å². The fourth-order valence-corrected chi connectivity index (χ4v) is 1.27. The topological polar surface area (TPSA) is 37.3 Å². The molecule has 0 bridgehead atoms. The number of ketones is 1. The summed E-state index contributed by atoms with van der Waals surface area (Å²) in [7, 11) is 0. The molecule has 0 aromatic heterocycles. The van der Waals surface area contributed by atoms with E-state index >= 15 is 0 Å². The first-order valence-corrected chi connectivity index (χ1v) is 4.21. The molecule has 14 heavy (non-hydrogen) atoms. The number of halogens is 4. The molecular weight excluding hydrogens is 265 g/mol. The predicted octanol–water partition coefficient (Wildman–Crippen LogP) is 2.90. The first kappa shape index (κ1) is 11.0. The van der Waals surface area contributed by atoms with Crippen molar-refractivity contribution >= 4 is 21.7 Å². The molecule has 0 atom stereocenters. The number of phenolic OH excluding ortho intramolecular Hbond substituents is 1. The summed E-state index contributed by atoms with van der Waals surface area (Å²) < 4.78 is 36.0. The lowest BCUT2D eigenvalue weighted by molar-refractivity contribution is -0.0885. The third-order valence-corrected chi connectivity index (χ3v) is 2.14. The van der Waals surface area contributed by atoms with Gasteiger partial charge in [0.15, 0.2) is 0 Å². The third kappa shape index (κ3) is 2.25. The lowest BCUT2D eigenvalue weighted by Gasteiger charge is -2.06. The van der Waals surface area contributed by atoms with Gasteiger partial charge in [0.05, 0.1) is 0 Å². The monoisotopic (exact) mass is 268 g/mol. The lowest BCUT2D eigenvalue weighted by atomic mass is 10.1. The third-order valence-electron chi connectivity index (χ3n) is 1.45. The van der Waals surface area contributed by atoms with Gasteiger partial charge in [0, 0.05) is 10.0 Å². The standard InChI is InChI=1S/C8H4BrF3O2/c9-6-2-1-4(13)3-5(6)7(14)8(10,11)12/h1-3,13H. The van der Waals surface area contributed by atoms with Crippen molar-refractivity contribution in [2.45, 2.75) is 6.18 Å². The first-order valence-electron chi connectivity index (χ1n) is 3.42. The van der Waals surface area contributed by atoms with Crippen LogP contribution in [0.3, 0.4) is 0 Å². The SMILES string of the molecule is O=C(c1cc(O)ccc1Br)C(F)(F)F. The van der Waals surface area contributed by atoms with Crippen molar-refractivity contribution in [1.82, 2.24) is 0 Å². The Labute approximate surface area is 85.5 Å². The van der Waals surface area contributed by atoms with E-state index in [1.807, 2.05) is 0 Å². The van der Waals surface area contributed by atoms with E-state index in [0.29, 0.717) is 0 Å². The zero-order chi connectivity index (χ0) is 10.9. The van der Waals surface area contributed by atoms with E-state index in [1.165, 1.54) is 12.1 Å². The van der Waals surface area contributed by atoms with Gasteiger partial charge >= 0.3 is 6.18 Å². The van der Waals surface area contributed by atoms with Gasteiger partial charge in [0.25, 0.3) is 5.78 Å². The second kappa shape index (κ2) is 3.61. The summed E-state index contributed by atoms with van der Waals surface area (Å²) in [6.45, 7) is 0. The van der Waals surface area contributed by atoms with E-state index < -0.39 is 17.5 Å². The van der Waals surface area contributed by atoms with Crippen molar-refractivity contribution in [2.75, 3.05) is 0 Å². The van der Waals surface area contributed by atoms with Crippen molar-refractivity contribution < 1.29 is 23.1 Å². The highest BCUT2D eigenvalue weighted by molar-refractivity contribution is 9.10. The van der Waals surface area contributed by atoms with Crippen molar-refractivity contribution in [2.24, 2.45) is 0 Å². The molecule has 76 valence electrons. The summed E-state index contributed by atoms with van der Waals surface area (Å²) in [5.41, 5.74) is -0.600. The molecule has 1 aromatic rings. The molecule has 6 heteroatoms. The Morgan fingerprint density at radius 1 is 1.36 bits per heavy atom. The number of carbonyl (C=O) groups is 1. The Morgan fingerprint density at radius 3 is 2.43 bits per heavy atom. The van der Waals surface area contributed by atoms with Crippen LogP contribution in [-0.2, 0) is 0 Å². The molecule has 1 rings (SSSR count). The van der Waals surface area contributed by atoms with Crippen molar-refractivity contribution in [3.05, 3.63) is 28.2 Å². The van der Waals surface area contributed by atoms with Crippen molar-refractivity contribution in [3.63, 3.8) is 0 Å². The molecule has 0 aliphatic rings. The maximum atomic E-state index is 12.0. The van der Waals surface area contributed by atoms with E-state index in [0.717, 1.165) is 6.07 Å². The van der Waals surface area contributed by atoms with Gasteiger partial charge in [-0.1, -0.05) is 15.9 Å². The van der Waals surface area contributed by atoms with Crippen LogP contribution >= 0.6 is 15.9 Å². The Balaban J connectivity index is 3.19. The summed E-state index contributed by atoms with van der Waals surface area (Å²) in [6, 6.07) is 3.12. The number of hydrogen-bond acceptors (Lipinski definition) is 2. The number of alkyl halides is 3. The molecule has 0 fully saturated rings. The first-order chi connectivity index (χ1) is 6.32. The average molecular weight is 269 g/mol. The quantitative estimate of drug-likeness (QED) is 0.796. The Bertz CT molecular complexity index is 373. The minimum Gasteiger partial charge on any atom is -0.508 e. The minimum atomic E-state index is -4.93. The number of Topliss-reactive ketones (excluding diaryl/α,β-unsaturated/α-hetero) is 1. The van der Waals surface area contributed by atoms with Gasteiger partial charge < -0.3 is 5.11 Å². The summed E-state index contributed by atoms with van der Waals surface area (Å²) in [4.78, 5) is 10.8. The average Bonchev–Trinajstić information content (AvgIpc) is 2.06. The summed E-state index contributed by atoms with van der Waals surface area (Å²) in [5, 5.41) is 8.91. The predicted molar refractivity (Wildman–Crippen MR) is 46.2 cm³/mol. The molecule has 0 unspecified atom stereocenters. The molecule has 2 nitrogen and oxygen atoms in total. The van der Waals surface area contributed by atoms with E-state index in [4.69, 9.17) is 5.11 Å².